The molecule has 0 saturated heterocycles. The average Bonchev–Trinajstić information content (AvgIpc) is 2.32. The zero-order valence-electron chi connectivity index (χ0n) is 10.7. The van der Waals surface area contributed by atoms with Crippen molar-refractivity contribution >= 4 is 18.0 Å². The molecule has 1 rings (SSSR count). The van der Waals surface area contributed by atoms with Gasteiger partial charge in [0.2, 0.25) is 0 Å². The molecular weight excluding hydrogens is 218 g/mol. The molecule has 0 aromatic carbocycles. The Kier molecular flexibility index (Phi) is 5.32. The fourth-order valence-corrected chi connectivity index (χ4v) is 2.38. The lowest BCUT2D eigenvalue weighted by atomic mass is 9.70. The van der Waals surface area contributed by atoms with Crippen LogP contribution >= 0.6 is 0 Å². The summed E-state index contributed by atoms with van der Waals surface area (Å²) in [6.07, 6.45) is 5.88. The number of aliphatic imine (C=N–C) groups is 1. The summed E-state index contributed by atoms with van der Waals surface area (Å²) in [5.41, 5.74) is -0.893. The number of carbonyl (C=O) groups is 2. The third-order valence-electron chi connectivity index (χ3n) is 3.34. The molecule has 1 saturated carbocycles. The van der Waals surface area contributed by atoms with Crippen LogP contribution in [0.2, 0.25) is 0 Å². The van der Waals surface area contributed by atoms with Crippen LogP contribution in [0.25, 0.3) is 0 Å². The van der Waals surface area contributed by atoms with Crippen molar-refractivity contribution in [1.29, 1.82) is 0 Å². The maximum absolute atomic E-state index is 12.1. The highest BCUT2D eigenvalue weighted by Gasteiger charge is 2.47. The molecule has 1 unspecified atom stereocenters. The van der Waals surface area contributed by atoms with Crippen LogP contribution in [-0.2, 0) is 14.3 Å². The van der Waals surface area contributed by atoms with E-state index in [4.69, 9.17) is 4.74 Å². The molecule has 1 fully saturated rings. The highest BCUT2D eigenvalue weighted by molar-refractivity contribution is 6.04. The Bertz CT molecular complexity index is 312. The lowest BCUT2D eigenvalue weighted by molar-refractivity contribution is -0.162. The molecule has 96 valence electrons. The van der Waals surface area contributed by atoms with Gasteiger partial charge >= 0.3 is 5.97 Å². The Morgan fingerprint density at radius 3 is 2.88 bits per heavy atom. The van der Waals surface area contributed by atoms with Crippen LogP contribution < -0.4 is 0 Å². The normalized spacial score (nSPS) is 25.2. The Labute approximate surface area is 102 Å². The van der Waals surface area contributed by atoms with E-state index in [2.05, 4.69) is 4.99 Å². The molecule has 0 aromatic rings. The molecule has 1 atom stereocenters. The highest BCUT2D eigenvalue weighted by Crippen LogP contribution is 2.38. The Morgan fingerprint density at radius 1 is 1.53 bits per heavy atom. The van der Waals surface area contributed by atoms with E-state index in [0.717, 1.165) is 12.8 Å². The number of ether oxygens (including phenoxy) is 1. The maximum atomic E-state index is 12.1. The third-order valence-corrected chi connectivity index (χ3v) is 3.34. The van der Waals surface area contributed by atoms with Gasteiger partial charge in [-0.2, -0.15) is 0 Å². The number of hydrogen-bond acceptors (Lipinski definition) is 4. The maximum Gasteiger partial charge on any atom is 0.319 e. The van der Waals surface area contributed by atoms with E-state index in [1.807, 2.05) is 0 Å². The molecule has 0 radical (unpaired) electrons. The van der Waals surface area contributed by atoms with Crippen LogP contribution in [-0.4, -0.2) is 31.6 Å². The number of esters is 1. The van der Waals surface area contributed by atoms with Gasteiger partial charge in [-0.1, -0.05) is 6.42 Å². The first-order chi connectivity index (χ1) is 8.17. The van der Waals surface area contributed by atoms with Crippen molar-refractivity contribution in [1.82, 2.24) is 0 Å². The second-order valence-electron chi connectivity index (χ2n) is 4.41. The van der Waals surface area contributed by atoms with Crippen molar-refractivity contribution in [2.45, 2.75) is 45.4 Å². The van der Waals surface area contributed by atoms with Crippen molar-refractivity contribution in [3.63, 3.8) is 0 Å². The molecule has 0 spiro atoms. The minimum atomic E-state index is -0.893. The number of carbonyl (C=O) groups excluding carboxylic acids is 2. The molecule has 0 N–H and O–H groups in total. The molecule has 1 aliphatic carbocycles. The molecule has 4 nitrogen and oxygen atoms in total. The third kappa shape index (κ3) is 3.14. The van der Waals surface area contributed by atoms with Gasteiger partial charge in [0.25, 0.3) is 0 Å². The van der Waals surface area contributed by atoms with E-state index in [0.29, 0.717) is 32.3 Å². The number of ketones is 1. The van der Waals surface area contributed by atoms with E-state index in [9.17, 15) is 9.59 Å². The zero-order valence-corrected chi connectivity index (χ0v) is 10.7. The van der Waals surface area contributed by atoms with Gasteiger partial charge in [-0.05, 0) is 38.8 Å². The lowest BCUT2D eigenvalue weighted by Crippen LogP contribution is -2.43. The van der Waals surface area contributed by atoms with Gasteiger partial charge in [-0.15, -0.1) is 0 Å². The molecule has 4 heteroatoms. The molecule has 0 aliphatic heterocycles. The van der Waals surface area contributed by atoms with E-state index >= 15 is 0 Å². The van der Waals surface area contributed by atoms with Crippen molar-refractivity contribution in [3.8, 4) is 0 Å². The van der Waals surface area contributed by atoms with Crippen molar-refractivity contribution in [2.24, 2.45) is 10.4 Å². The summed E-state index contributed by atoms with van der Waals surface area (Å²) in [6.45, 7) is 2.10. The van der Waals surface area contributed by atoms with Crippen LogP contribution in [0.5, 0.6) is 0 Å². The second-order valence-corrected chi connectivity index (χ2v) is 4.41. The minimum Gasteiger partial charge on any atom is -0.465 e. The van der Waals surface area contributed by atoms with Crippen molar-refractivity contribution in [2.75, 3.05) is 13.7 Å². The number of hydrogen-bond donors (Lipinski definition) is 0. The van der Waals surface area contributed by atoms with Gasteiger partial charge in [0.1, 0.15) is 11.2 Å². The summed E-state index contributed by atoms with van der Waals surface area (Å²) in [4.78, 5) is 28.0. The van der Waals surface area contributed by atoms with Gasteiger partial charge in [-0.3, -0.25) is 9.59 Å². The van der Waals surface area contributed by atoms with Crippen LogP contribution in [0.15, 0.2) is 4.99 Å². The number of Topliss-reactive ketones (excluding diaryl/α,β-unsaturated/α-hetero) is 1. The fourth-order valence-electron chi connectivity index (χ4n) is 2.38. The van der Waals surface area contributed by atoms with Crippen molar-refractivity contribution in [3.05, 3.63) is 0 Å². The molecule has 17 heavy (non-hydrogen) atoms. The van der Waals surface area contributed by atoms with E-state index in [1.54, 1.807) is 20.2 Å². The Morgan fingerprint density at radius 2 is 2.29 bits per heavy atom. The van der Waals surface area contributed by atoms with Crippen LogP contribution in [0, 0.1) is 5.41 Å². The van der Waals surface area contributed by atoms with Gasteiger partial charge in [0.15, 0.2) is 0 Å². The molecule has 0 bridgehead atoms. The second kappa shape index (κ2) is 6.52. The number of nitrogens with zero attached hydrogens (tertiary/aromatic N) is 1. The zero-order chi connectivity index (χ0) is 12.7. The minimum absolute atomic E-state index is 0.0479. The SMILES string of the molecule is CCOC(=O)C1(CCC=NC)CCCCC1=O. The number of rotatable bonds is 5. The predicted molar refractivity (Wildman–Crippen MR) is 66.2 cm³/mol. The first-order valence-corrected chi connectivity index (χ1v) is 6.28. The summed E-state index contributed by atoms with van der Waals surface area (Å²) in [5.74, 6) is -0.291. The smallest absolute Gasteiger partial charge is 0.319 e. The predicted octanol–water partition coefficient (Wildman–Crippen LogP) is 2.16. The Hall–Kier alpha value is -1.19. The first kappa shape index (κ1) is 13.9. The van der Waals surface area contributed by atoms with E-state index < -0.39 is 5.41 Å². The molecule has 0 aromatic heterocycles. The van der Waals surface area contributed by atoms with Crippen LogP contribution in [0.3, 0.4) is 0 Å². The van der Waals surface area contributed by atoms with Gasteiger partial charge < -0.3 is 9.73 Å². The summed E-state index contributed by atoms with van der Waals surface area (Å²) in [6, 6.07) is 0. The fraction of sp³-hybridized carbons (Fsp3) is 0.769. The molecular formula is C13H21NO3. The van der Waals surface area contributed by atoms with Gasteiger partial charge in [0.05, 0.1) is 6.61 Å². The lowest BCUT2D eigenvalue weighted by Gasteiger charge is -2.32. The molecule has 0 heterocycles. The quantitative estimate of drug-likeness (QED) is 0.419. The molecule has 1 aliphatic rings. The Balaban J connectivity index is 2.81. The largest absolute Gasteiger partial charge is 0.465 e. The summed E-state index contributed by atoms with van der Waals surface area (Å²) in [5, 5.41) is 0. The highest BCUT2D eigenvalue weighted by atomic mass is 16.5. The monoisotopic (exact) mass is 239 g/mol. The average molecular weight is 239 g/mol. The van der Waals surface area contributed by atoms with Crippen LogP contribution in [0.1, 0.15) is 45.4 Å². The van der Waals surface area contributed by atoms with Gasteiger partial charge in [0, 0.05) is 13.5 Å². The van der Waals surface area contributed by atoms with Crippen molar-refractivity contribution < 1.29 is 14.3 Å². The van der Waals surface area contributed by atoms with E-state index in [-0.39, 0.29) is 11.8 Å². The summed E-state index contributed by atoms with van der Waals surface area (Å²) >= 11 is 0. The van der Waals surface area contributed by atoms with Crippen LogP contribution in [0.4, 0.5) is 0 Å². The topological polar surface area (TPSA) is 55.7 Å². The summed E-state index contributed by atoms with van der Waals surface area (Å²) in [7, 11) is 1.69. The standard InChI is InChI=1S/C13H21NO3/c1-3-17-12(16)13(9-6-10-14-2)8-5-4-7-11(13)15/h10H,3-9H2,1-2H3. The summed E-state index contributed by atoms with van der Waals surface area (Å²) < 4.78 is 5.08. The molecule has 0 amide bonds. The van der Waals surface area contributed by atoms with E-state index in [1.165, 1.54) is 0 Å². The van der Waals surface area contributed by atoms with Gasteiger partial charge in [-0.25, -0.2) is 0 Å². The first-order valence-electron chi connectivity index (χ1n) is 6.28.